The Kier molecular flexibility index (Phi) is 7.42. The Balaban J connectivity index is 5.22. The van der Waals surface area contributed by atoms with E-state index in [4.69, 9.17) is 5.11 Å². The third-order valence-electron chi connectivity index (χ3n) is 2.88. The van der Waals surface area contributed by atoms with Crippen molar-refractivity contribution in [2.45, 2.75) is 33.2 Å². The van der Waals surface area contributed by atoms with E-state index in [-0.39, 0.29) is 10.9 Å². The van der Waals surface area contributed by atoms with Crippen LogP contribution < -0.4 is 0 Å². The van der Waals surface area contributed by atoms with Crippen LogP contribution in [0.1, 0.15) is 27.7 Å². The number of carbonyl (C=O) groups is 4. The Hall–Kier alpha value is -1.57. The molecule has 21 heavy (non-hydrogen) atoms. The van der Waals surface area contributed by atoms with Crippen LogP contribution in [0.5, 0.6) is 0 Å². The molecule has 0 aliphatic heterocycles. The van der Waals surface area contributed by atoms with Crippen molar-refractivity contribution in [2.75, 3.05) is 19.4 Å². The molecule has 120 valence electrons. The molecule has 0 aromatic rings. The Morgan fingerprint density at radius 1 is 1.29 bits per heavy atom. The van der Waals surface area contributed by atoms with Gasteiger partial charge in [-0.3, -0.25) is 14.4 Å². The number of nitrogens with zero attached hydrogens (tertiary/aromatic N) is 1. The standard InChI is InChI=1S/C13H21NO6S/c1-8(7-21-9(2)15)11(18)14(6-10(16)17)13(3,4)12(19)20-5/h8H,6-7H2,1-5H3,(H,16,17)/t8-/m1/s1. The van der Waals surface area contributed by atoms with Crippen molar-refractivity contribution in [3.8, 4) is 0 Å². The van der Waals surface area contributed by atoms with E-state index in [9.17, 15) is 19.2 Å². The van der Waals surface area contributed by atoms with Crippen LogP contribution in [0.15, 0.2) is 0 Å². The van der Waals surface area contributed by atoms with Crippen LogP contribution >= 0.6 is 11.8 Å². The summed E-state index contributed by atoms with van der Waals surface area (Å²) in [5, 5.41) is 8.81. The number of carboxylic acids is 1. The number of esters is 1. The fraction of sp³-hybridized carbons (Fsp3) is 0.692. The minimum atomic E-state index is -1.40. The van der Waals surface area contributed by atoms with Crippen molar-refractivity contribution < 1.29 is 29.0 Å². The minimum Gasteiger partial charge on any atom is -0.480 e. The number of hydrogen-bond donors (Lipinski definition) is 1. The van der Waals surface area contributed by atoms with Gasteiger partial charge < -0.3 is 14.7 Å². The first-order valence-electron chi connectivity index (χ1n) is 6.29. The van der Waals surface area contributed by atoms with Gasteiger partial charge in [-0.05, 0) is 13.8 Å². The molecular weight excluding hydrogens is 298 g/mol. The number of rotatable bonds is 7. The third-order valence-corrected chi connectivity index (χ3v) is 3.95. The molecule has 0 rings (SSSR count). The first kappa shape index (κ1) is 19.4. The highest BCUT2D eigenvalue weighted by molar-refractivity contribution is 8.13. The fourth-order valence-electron chi connectivity index (χ4n) is 1.63. The largest absolute Gasteiger partial charge is 0.480 e. The predicted molar refractivity (Wildman–Crippen MR) is 77.7 cm³/mol. The average molecular weight is 319 g/mol. The van der Waals surface area contributed by atoms with Crippen molar-refractivity contribution in [2.24, 2.45) is 5.92 Å². The average Bonchev–Trinajstić information content (AvgIpc) is 2.39. The van der Waals surface area contributed by atoms with Crippen LogP contribution in [0.2, 0.25) is 0 Å². The van der Waals surface area contributed by atoms with Gasteiger partial charge in [-0.25, -0.2) is 4.79 Å². The normalized spacial score (nSPS) is 12.4. The van der Waals surface area contributed by atoms with Gasteiger partial charge in [0.2, 0.25) is 5.91 Å². The molecule has 0 bridgehead atoms. The number of carboxylic acid groups (broad SMARTS) is 1. The monoisotopic (exact) mass is 319 g/mol. The first-order chi connectivity index (χ1) is 9.53. The minimum absolute atomic E-state index is 0.133. The van der Waals surface area contributed by atoms with E-state index in [1.54, 1.807) is 6.92 Å². The maximum absolute atomic E-state index is 12.4. The van der Waals surface area contributed by atoms with Crippen LogP contribution in [-0.2, 0) is 23.9 Å². The van der Waals surface area contributed by atoms with Gasteiger partial charge in [0, 0.05) is 18.6 Å². The van der Waals surface area contributed by atoms with Crippen LogP contribution in [0.4, 0.5) is 0 Å². The van der Waals surface area contributed by atoms with Gasteiger partial charge in [0.1, 0.15) is 12.1 Å². The molecule has 0 aliphatic rings. The van der Waals surface area contributed by atoms with E-state index in [1.807, 2.05) is 0 Å². The van der Waals surface area contributed by atoms with E-state index in [1.165, 1.54) is 27.9 Å². The second-order valence-corrected chi connectivity index (χ2v) is 6.27. The van der Waals surface area contributed by atoms with Crippen LogP contribution in [0.3, 0.4) is 0 Å². The highest BCUT2D eigenvalue weighted by atomic mass is 32.2. The number of hydrogen-bond acceptors (Lipinski definition) is 6. The van der Waals surface area contributed by atoms with E-state index in [0.29, 0.717) is 0 Å². The zero-order valence-corrected chi connectivity index (χ0v) is 13.7. The summed E-state index contributed by atoms with van der Waals surface area (Å²) in [6.45, 7) is 5.20. The lowest BCUT2D eigenvalue weighted by Gasteiger charge is -2.36. The molecule has 0 saturated carbocycles. The lowest BCUT2D eigenvalue weighted by atomic mass is 10.0. The zero-order valence-electron chi connectivity index (χ0n) is 12.8. The number of thioether (sulfide) groups is 1. The quantitative estimate of drug-likeness (QED) is 0.691. The Bertz CT molecular complexity index is 434. The summed E-state index contributed by atoms with van der Waals surface area (Å²) in [5.74, 6) is -2.82. The van der Waals surface area contributed by atoms with E-state index < -0.39 is 35.8 Å². The first-order valence-corrected chi connectivity index (χ1v) is 7.27. The topological polar surface area (TPSA) is 101 Å². The summed E-state index contributed by atoms with van der Waals surface area (Å²) in [4.78, 5) is 47.0. The lowest BCUT2D eigenvalue weighted by molar-refractivity contribution is -0.163. The summed E-state index contributed by atoms with van der Waals surface area (Å²) in [6, 6.07) is 0. The van der Waals surface area contributed by atoms with Crippen molar-refractivity contribution >= 4 is 34.7 Å². The Labute approximate surface area is 128 Å². The van der Waals surface area contributed by atoms with Gasteiger partial charge in [-0.15, -0.1) is 0 Å². The predicted octanol–water partition coefficient (Wildman–Crippen LogP) is 0.767. The maximum atomic E-state index is 12.4. The van der Waals surface area contributed by atoms with Crippen molar-refractivity contribution in [1.82, 2.24) is 4.90 Å². The molecule has 1 atom stereocenters. The van der Waals surface area contributed by atoms with Crippen LogP contribution in [0.25, 0.3) is 0 Å². The summed E-state index contributed by atoms with van der Waals surface area (Å²) in [7, 11) is 1.17. The number of carbonyl (C=O) groups excluding carboxylic acids is 3. The van der Waals surface area contributed by atoms with Crippen LogP contribution in [0, 0.1) is 5.92 Å². The Morgan fingerprint density at radius 2 is 1.81 bits per heavy atom. The summed E-state index contributed by atoms with van der Waals surface area (Å²) < 4.78 is 4.62. The fourth-order valence-corrected chi connectivity index (χ4v) is 2.25. The number of amides is 1. The molecule has 0 heterocycles. The molecule has 1 amide bonds. The summed E-state index contributed by atoms with van der Waals surface area (Å²) in [5.41, 5.74) is -1.40. The highest BCUT2D eigenvalue weighted by Crippen LogP contribution is 2.21. The van der Waals surface area contributed by atoms with Gasteiger partial charge in [-0.1, -0.05) is 18.7 Å². The van der Waals surface area contributed by atoms with Gasteiger partial charge in [0.05, 0.1) is 7.11 Å². The molecule has 0 radical (unpaired) electrons. The van der Waals surface area contributed by atoms with Crippen molar-refractivity contribution in [3.05, 3.63) is 0 Å². The zero-order chi connectivity index (χ0) is 16.8. The maximum Gasteiger partial charge on any atom is 0.331 e. The number of methoxy groups -OCH3 is 1. The van der Waals surface area contributed by atoms with Gasteiger partial charge >= 0.3 is 11.9 Å². The third kappa shape index (κ3) is 5.74. The molecule has 0 aromatic carbocycles. The molecule has 0 fully saturated rings. The molecule has 0 aromatic heterocycles. The molecular formula is C13H21NO6S. The molecule has 0 spiro atoms. The SMILES string of the molecule is COC(=O)C(C)(C)N(CC(=O)O)C(=O)[C@H](C)CSC(C)=O. The number of ether oxygens (including phenoxy) is 1. The Morgan fingerprint density at radius 3 is 2.19 bits per heavy atom. The van der Waals surface area contributed by atoms with Gasteiger partial charge in [-0.2, -0.15) is 0 Å². The molecule has 0 unspecified atom stereocenters. The molecule has 0 saturated heterocycles. The van der Waals surface area contributed by atoms with E-state index >= 15 is 0 Å². The van der Waals surface area contributed by atoms with Crippen molar-refractivity contribution in [3.63, 3.8) is 0 Å². The van der Waals surface area contributed by atoms with Crippen molar-refractivity contribution in [1.29, 1.82) is 0 Å². The second-order valence-electron chi connectivity index (χ2n) is 5.07. The molecule has 8 heteroatoms. The van der Waals surface area contributed by atoms with Crippen LogP contribution in [-0.4, -0.2) is 57.9 Å². The van der Waals surface area contributed by atoms with Gasteiger partial charge in [0.15, 0.2) is 5.12 Å². The smallest absolute Gasteiger partial charge is 0.331 e. The van der Waals surface area contributed by atoms with E-state index in [2.05, 4.69) is 4.74 Å². The second kappa shape index (κ2) is 8.02. The lowest BCUT2D eigenvalue weighted by Crippen LogP contribution is -2.56. The number of aliphatic carboxylic acids is 1. The summed E-state index contributed by atoms with van der Waals surface area (Å²) in [6.07, 6.45) is 0. The highest BCUT2D eigenvalue weighted by Gasteiger charge is 2.41. The molecule has 7 nitrogen and oxygen atoms in total. The summed E-state index contributed by atoms with van der Waals surface area (Å²) >= 11 is 0.979. The van der Waals surface area contributed by atoms with Gasteiger partial charge in [0.25, 0.3) is 0 Å². The van der Waals surface area contributed by atoms with E-state index in [0.717, 1.165) is 16.7 Å². The molecule has 1 N–H and O–H groups in total. The molecule has 0 aliphatic carbocycles.